The van der Waals surface area contributed by atoms with E-state index < -0.39 is 28.6 Å². The van der Waals surface area contributed by atoms with E-state index in [1.807, 2.05) is 65.8 Å². The van der Waals surface area contributed by atoms with Crippen molar-refractivity contribution in [2.45, 2.75) is 344 Å². The second-order valence-electron chi connectivity index (χ2n) is 44.0. The molecule has 7 aromatic rings. The number of rotatable bonds is 23. The minimum atomic E-state index is -0.688. The number of piperidine rings is 7. The molecule has 7 saturated heterocycles. The van der Waals surface area contributed by atoms with Crippen LogP contribution in [0.25, 0.3) is 0 Å². The van der Waals surface area contributed by atoms with Gasteiger partial charge in [0.15, 0.2) is 17.3 Å². The van der Waals surface area contributed by atoms with Gasteiger partial charge >= 0.3 is 0 Å². The summed E-state index contributed by atoms with van der Waals surface area (Å²) < 4.78 is 27.3. The molecule has 0 saturated carbocycles. The monoisotopic (exact) mass is 2050 g/mol. The first kappa shape index (κ1) is 121. The zero-order valence-corrected chi connectivity index (χ0v) is 92.6. The Bertz CT molecular complexity index is 5060. The molecule has 0 radical (unpaired) electrons. The van der Waals surface area contributed by atoms with Crippen LogP contribution >= 0.6 is 23.2 Å². The minimum Gasteiger partial charge on any atom is -0.394 e. The quantitative estimate of drug-likeness (QED) is 0.0287. The normalized spacial score (nSPS) is 18.8. The van der Waals surface area contributed by atoms with Crippen molar-refractivity contribution in [3.8, 4) is 0 Å². The number of hydrogen-bond acceptors (Lipinski definition) is 24. The third kappa shape index (κ3) is 37.0. The van der Waals surface area contributed by atoms with Crippen LogP contribution in [0.5, 0.6) is 0 Å². The van der Waals surface area contributed by atoms with Crippen LogP contribution in [0.4, 0.5) is 8.78 Å². The maximum Gasteiger partial charge on any atom is 0.273 e. The Morgan fingerprint density at radius 3 is 1.03 bits per heavy atom. The first-order valence-corrected chi connectivity index (χ1v) is 52.7. The summed E-state index contributed by atoms with van der Waals surface area (Å²) in [6.07, 6.45) is 24.0. The lowest BCUT2D eigenvalue weighted by atomic mass is 9.87. The van der Waals surface area contributed by atoms with Gasteiger partial charge in [-0.15, -0.1) is 0 Å². The number of likely N-dealkylation sites (tertiary alicyclic amines) is 7. The van der Waals surface area contributed by atoms with Gasteiger partial charge in [0.2, 0.25) is 0 Å². The molecule has 145 heavy (non-hydrogen) atoms. The van der Waals surface area contributed by atoms with Crippen LogP contribution in [-0.4, -0.2) is 312 Å². The average Bonchev–Trinajstić information content (AvgIpc) is 0.780. The number of carbonyl (C=O) groups is 7. The molecule has 7 aliphatic rings. The number of nitrogens with one attached hydrogen (secondary N) is 7. The van der Waals surface area contributed by atoms with E-state index in [2.05, 4.69) is 236 Å². The van der Waals surface area contributed by atoms with Crippen LogP contribution in [0.1, 0.15) is 328 Å². The van der Waals surface area contributed by atoms with Crippen LogP contribution in [0, 0.1) is 53.2 Å². The van der Waals surface area contributed by atoms with Crippen LogP contribution < -0.4 is 37.2 Å². The topological polar surface area (TPSA) is 370 Å². The summed E-state index contributed by atoms with van der Waals surface area (Å²) in [7, 11) is 0. The predicted molar refractivity (Wildman–Crippen MR) is 571 cm³/mol. The van der Waals surface area contributed by atoms with Crippen LogP contribution in [0.3, 0.4) is 0 Å². The highest BCUT2D eigenvalue weighted by molar-refractivity contribution is 6.33. The number of halogens is 4. The Morgan fingerprint density at radius 2 is 0.669 bits per heavy atom. The predicted octanol–water partition coefficient (Wildman–Crippen LogP) is 15.3. The number of pyridine rings is 6. The lowest BCUT2D eigenvalue weighted by Gasteiger charge is -2.42. The van der Waals surface area contributed by atoms with Crippen LogP contribution in [0.2, 0.25) is 10.0 Å². The van der Waals surface area contributed by atoms with E-state index in [4.69, 9.17) is 23.2 Å². The van der Waals surface area contributed by atoms with Gasteiger partial charge < -0.3 is 81.7 Å². The molecule has 0 atom stereocenters. The molecule has 7 fully saturated rings. The molecule has 14 heterocycles. The van der Waals surface area contributed by atoms with E-state index in [0.29, 0.717) is 93.3 Å². The van der Waals surface area contributed by atoms with Crippen LogP contribution in [-0.2, 0) is 0 Å². The van der Waals surface area contributed by atoms with Gasteiger partial charge in [-0.05, 0) is 329 Å². The van der Waals surface area contributed by atoms with Crippen molar-refractivity contribution >= 4 is 64.6 Å². The third-order valence-corrected chi connectivity index (χ3v) is 30.3. The number of carbonyl (C=O) groups excluding carboxylic acids is 7. The molecule has 7 aliphatic heterocycles. The summed E-state index contributed by atoms with van der Waals surface area (Å²) in [6.45, 7) is 65.8. The highest BCUT2D eigenvalue weighted by atomic mass is 35.5. The second-order valence-corrected chi connectivity index (χ2v) is 44.8. The zero-order valence-electron chi connectivity index (χ0n) is 91.0. The molecule has 0 aromatic carbocycles. The van der Waals surface area contributed by atoms with Crippen molar-refractivity contribution < 1.29 is 52.6 Å². The van der Waals surface area contributed by atoms with Crippen molar-refractivity contribution in [3.05, 3.63) is 199 Å². The first-order valence-electron chi connectivity index (χ1n) is 51.9. The number of aliphatic hydroxyl groups excluding tert-OH is 2. The van der Waals surface area contributed by atoms with E-state index in [1.165, 1.54) is 36.9 Å². The van der Waals surface area contributed by atoms with Gasteiger partial charge in [0.05, 0.1) is 57.2 Å². The highest BCUT2D eigenvalue weighted by Gasteiger charge is 2.42. The SMILES string of the molecule is CC(C)N1CCC(C)(NC(=O)c2cncnc2)CC1.CC(C)N1CCC(CO)(NC(=O)c2ncccc2Cl)CC1.CC(C)N1CCC(CO)(NC(=O)c2ncccc2F)CC1.Cc1c(Cl)cncc1C(=O)NC1(C)CCN(C(C)C)CC1.Cc1cc(C(=O)NC2(C)CCN(C(C)C)CC2)c(F)cn1.Cc1cc(C(=O)NC2(C)CCN(C(C)C)CC2)cc(C)n1.Cc1cc(C)nc(C(=O)NC2(C)CCN(C(C)C)CC2)c1. The van der Waals surface area contributed by atoms with Crippen LogP contribution in [0.15, 0.2) is 104 Å². The zero-order chi connectivity index (χ0) is 107. The van der Waals surface area contributed by atoms with E-state index >= 15 is 0 Å². The second kappa shape index (κ2) is 55.0. The Kier molecular flexibility index (Phi) is 45.8. The maximum atomic E-state index is 13.7. The Labute approximate surface area is 871 Å². The van der Waals surface area contributed by atoms with Crippen molar-refractivity contribution in [2.75, 3.05) is 105 Å². The van der Waals surface area contributed by atoms with E-state index in [0.717, 1.165) is 203 Å². The molecule has 31 nitrogen and oxygen atoms in total. The lowest BCUT2D eigenvalue weighted by Crippen LogP contribution is -2.58. The number of hydrogen-bond donors (Lipinski definition) is 9. The molecule has 9 N–H and O–H groups in total. The van der Waals surface area contributed by atoms with E-state index in [9.17, 15) is 52.6 Å². The Morgan fingerprint density at radius 1 is 0.338 bits per heavy atom. The maximum absolute atomic E-state index is 13.7. The number of nitrogens with zero attached hydrogens (tertiary/aromatic N) is 15. The fourth-order valence-corrected chi connectivity index (χ4v) is 19.4. The van der Waals surface area contributed by atoms with Crippen molar-refractivity contribution in [3.63, 3.8) is 0 Å². The molecule has 800 valence electrons. The standard InChI is InChI=1S/2C17H27N3O.C16H24ClN3O.C16H24FN3O.C15H22ClN3O2.C15H22FN3O2.C14H22N4O/c1-12(2)20-8-6-17(5,7-9-20)19-16(21)15-10-13(3)18-14(4)11-15;1-12(2)20-8-6-17(5,7-9-20)19-16(21)15-11-13(3)10-14(4)18-15;1-11(2)20-7-5-16(4,6-8-20)19-15(21)13-9-18-10-14(17)12(13)3;1-11(2)20-7-5-16(4,6-8-20)19-15(21)13-9-12(3)18-10-14(13)17;2*1-11(2)19-8-5-15(10-20,6-9-19)18-14(21)13-12(16)4-3-7-17-13;1-11(2)18-6-4-14(3,5-7-18)17-13(19)12-8-15-10-16-9-12/h2*10-12H,6-9H2,1-5H3,(H,19,21);2*9-11H,5-8H2,1-4H3,(H,19,21);2*3-4,7,11,20H,5-6,8-10H2,1-2H3,(H,18,21);8-11H,4-7H2,1-3H3,(H,17,19). The molecule has 7 amide bonds. The average molecular weight is 2050 g/mol. The number of aromatic nitrogens is 8. The molecular weight excluding hydrogens is 1880 g/mol. The smallest absolute Gasteiger partial charge is 0.273 e. The summed E-state index contributed by atoms with van der Waals surface area (Å²) in [5.74, 6) is -2.66. The van der Waals surface area contributed by atoms with Crippen molar-refractivity contribution in [1.29, 1.82) is 0 Å². The van der Waals surface area contributed by atoms with Gasteiger partial charge in [0, 0.05) is 227 Å². The summed E-state index contributed by atoms with van der Waals surface area (Å²) in [6, 6.07) is 18.7. The van der Waals surface area contributed by atoms with Gasteiger partial charge in [0.25, 0.3) is 41.4 Å². The fourth-order valence-electron chi connectivity index (χ4n) is 19.1. The van der Waals surface area contributed by atoms with Gasteiger partial charge in [-0.25, -0.2) is 33.7 Å². The molecule has 14 rings (SSSR count). The highest BCUT2D eigenvalue weighted by Crippen LogP contribution is 2.33. The molecule has 0 spiro atoms. The number of amides is 7. The molecule has 35 heteroatoms. The Hall–Kier alpha value is -9.65. The largest absolute Gasteiger partial charge is 0.394 e. The third-order valence-electron chi connectivity index (χ3n) is 29.6. The molecule has 0 bridgehead atoms. The van der Waals surface area contributed by atoms with Gasteiger partial charge in [-0.1, -0.05) is 23.2 Å². The molecule has 7 aromatic heterocycles. The molecule has 0 aliphatic carbocycles. The van der Waals surface area contributed by atoms with Gasteiger partial charge in [-0.3, -0.25) is 48.5 Å². The first-order chi connectivity index (χ1) is 68.1. The lowest BCUT2D eigenvalue weighted by molar-refractivity contribution is 0.0539. The summed E-state index contributed by atoms with van der Waals surface area (Å²) >= 11 is 12.0. The molecular formula is C110H168Cl2F2N22O9. The van der Waals surface area contributed by atoms with Crippen molar-refractivity contribution in [1.82, 2.24) is 111 Å². The summed E-state index contributed by atoms with van der Waals surface area (Å²) in [4.78, 5) is 135. The summed E-state index contributed by atoms with van der Waals surface area (Å²) in [5, 5.41) is 41.7. The van der Waals surface area contributed by atoms with Crippen molar-refractivity contribution in [2.24, 2.45) is 0 Å². The number of aliphatic hydroxyl groups is 2. The summed E-state index contributed by atoms with van der Waals surface area (Å²) in [5.41, 5.74) is 5.51. The van der Waals surface area contributed by atoms with E-state index in [-0.39, 0.29) is 93.3 Å². The Balaban J connectivity index is 0.000000207. The van der Waals surface area contributed by atoms with E-state index in [1.54, 1.807) is 43.8 Å². The van der Waals surface area contributed by atoms with Gasteiger partial charge in [0.1, 0.15) is 17.7 Å². The van der Waals surface area contributed by atoms with Gasteiger partial charge in [-0.2, -0.15) is 0 Å². The number of aryl methyl sites for hydroxylation is 5. The molecule has 0 unspecified atom stereocenters. The minimum absolute atomic E-state index is 0.0177. The fraction of sp³-hybridized carbons (Fsp3) is 0.627.